The average molecular weight is 230 g/mol. The smallest absolute Gasteiger partial charge is 0.170 e. The third kappa shape index (κ3) is 1.65. The summed E-state index contributed by atoms with van der Waals surface area (Å²) >= 11 is 0. The molecular formula is C14H18N2O. The molecule has 1 aromatic heterocycles. The number of nitrogens with one attached hydrogen (secondary N) is 1. The summed E-state index contributed by atoms with van der Waals surface area (Å²) < 4.78 is 5.60. The van der Waals surface area contributed by atoms with Crippen molar-refractivity contribution in [2.75, 3.05) is 6.54 Å². The van der Waals surface area contributed by atoms with Crippen molar-refractivity contribution in [3.8, 4) is 0 Å². The molecule has 1 N–H and O–H groups in total. The summed E-state index contributed by atoms with van der Waals surface area (Å²) in [6.45, 7) is 8.48. The highest BCUT2D eigenvalue weighted by Gasteiger charge is 2.24. The number of aromatic nitrogens is 1. The van der Waals surface area contributed by atoms with Crippen LogP contribution in [0.1, 0.15) is 37.6 Å². The summed E-state index contributed by atoms with van der Waals surface area (Å²) in [4.78, 5) is 0. The van der Waals surface area contributed by atoms with Crippen LogP contribution in [0.3, 0.4) is 0 Å². The van der Waals surface area contributed by atoms with Crippen molar-refractivity contribution in [1.82, 2.24) is 10.5 Å². The zero-order valence-electron chi connectivity index (χ0n) is 10.6. The topological polar surface area (TPSA) is 38.1 Å². The molecule has 3 nitrogen and oxygen atoms in total. The Bertz CT molecular complexity index is 563. The van der Waals surface area contributed by atoms with Gasteiger partial charge < -0.3 is 9.84 Å². The summed E-state index contributed by atoms with van der Waals surface area (Å²) in [6, 6.07) is 4.36. The van der Waals surface area contributed by atoms with Gasteiger partial charge in [0.05, 0.1) is 5.69 Å². The molecule has 2 aromatic rings. The van der Waals surface area contributed by atoms with Crippen molar-refractivity contribution < 1.29 is 4.52 Å². The average Bonchev–Trinajstić information content (AvgIpc) is 2.72. The van der Waals surface area contributed by atoms with Gasteiger partial charge in [-0.1, -0.05) is 32.0 Å². The van der Waals surface area contributed by atoms with Crippen molar-refractivity contribution in [2.45, 2.75) is 39.2 Å². The molecule has 2 heterocycles. The monoisotopic (exact) mass is 230 g/mol. The van der Waals surface area contributed by atoms with Crippen LogP contribution in [0.5, 0.6) is 0 Å². The molecule has 1 aliphatic heterocycles. The van der Waals surface area contributed by atoms with Gasteiger partial charge in [0.2, 0.25) is 0 Å². The quantitative estimate of drug-likeness (QED) is 0.756. The van der Waals surface area contributed by atoms with E-state index in [1.54, 1.807) is 0 Å². The number of hydrogen-bond donors (Lipinski definition) is 1. The van der Waals surface area contributed by atoms with E-state index in [0.717, 1.165) is 30.8 Å². The van der Waals surface area contributed by atoms with Gasteiger partial charge in [-0.2, -0.15) is 0 Å². The summed E-state index contributed by atoms with van der Waals surface area (Å²) in [6.07, 6.45) is 1.03. The first-order valence-electron chi connectivity index (χ1n) is 6.19. The standard InChI is InChI=1S/C14H18N2O/c1-14(2,3)13-11-5-4-9-8-15-7-6-10(9)12(11)17-16-13/h4-5,15H,6-8H2,1-3H3. The molecule has 90 valence electrons. The van der Waals surface area contributed by atoms with Crippen LogP contribution in [0.15, 0.2) is 16.7 Å². The summed E-state index contributed by atoms with van der Waals surface area (Å²) in [5.41, 5.74) is 4.78. The second-order valence-corrected chi connectivity index (χ2v) is 5.79. The van der Waals surface area contributed by atoms with E-state index in [9.17, 15) is 0 Å². The van der Waals surface area contributed by atoms with Gasteiger partial charge >= 0.3 is 0 Å². The van der Waals surface area contributed by atoms with E-state index < -0.39 is 0 Å². The summed E-state index contributed by atoms with van der Waals surface area (Å²) in [5, 5.41) is 8.84. The van der Waals surface area contributed by atoms with Gasteiger partial charge in [0.25, 0.3) is 0 Å². The maximum Gasteiger partial charge on any atom is 0.170 e. The Morgan fingerprint density at radius 1 is 1.29 bits per heavy atom. The van der Waals surface area contributed by atoms with E-state index in [4.69, 9.17) is 4.52 Å². The maximum absolute atomic E-state index is 5.60. The number of rotatable bonds is 0. The maximum atomic E-state index is 5.60. The zero-order valence-corrected chi connectivity index (χ0v) is 10.6. The van der Waals surface area contributed by atoms with Gasteiger partial charge in [0, 0.05) is 22.9 Å². The molecule has 3 rings (SSSR count). The Morgan fingerprint density at radius 3 is 2.88 bits per heavy atom. The molecule has 0 radical (unpaired) electrons. The Labute approximate surface area is 101 Å². The van der Waals surface area contributed by atoms with Gasteiger partial charge in [-0.25, -0.2) is 0 Å². The fourth-order valence-corrected chi connectivity index (χ4v) is 2.52. The molecule has 0 saturated carbocycles. The number of benzene rings is 1. The van der Waals surface area contributed by atoms with Crippen molar-refractivity contribution >= 4 is 11.0 Å². The molecule has 0 unspecified atom stereocenters. The van der Waals surface area contributed by atoms with E-state index in [2.05, 4.69) is 43.4 Å². The first-order valence-corrected chi connectivity index (χ1v) is 6.19. The zero-order chi connectivity index (χ0) is 12.0. The van der Waals surface area contributed by atoms with Crippen molar-refractivity contribution in [2.24, 2.45) is 0 Å². The van der Waals surface area contributed by atoms with E-state index in [1.807, 2.05) is 0 Å². The number of hydrogen-bond acceptors (Lipinski definition) is 3. The fourth-order valence-electron chi connectivity index (χ4n) is 2.52. The third-order valence-corrected chi connectivity index (χ3v) is 3.42. The number of fused-ring (bicyclic) bond motifs is 3. The fraction of sp³-hybridized carbons (Fsp3) is 0.500. The molecule has 0 atom stereocenters. The van der Waals surface area contributed by atoms with Crippen LogP contribution in [-0.2, 0) is 18.4 Å². The Hall–Kier alpha value is -1.35. The minimum atomic E-state index is 0.0341. The number of nitrogens with zero attached hydrogens (tertiary/aromatic N) is 1. The Balaban J connectivity index is 2.26. The van der Waals surface area contributed by atoms with E-state index in [-0.39, 0.29) is 5.41 Å². The lowest BCUT2D eigenvalue weighted by Gasteiger charge is -2.17. The first kappa shape index (κ1) is 10.8. The van der Waals surface area contributed by atoms with Gasteiger partial charge in [0.1, 0.15) is 0 Å². The molecular weight excluding hydrogens is 212 g/mol. The van der Waals surface area contributed by atoms with Crippen LogP contribution in [0.4, 0.5) is 0 Å². The minimum absolute atomic E-state index is 0.0341. The molecule has 0 bridgehead atoms. The lowest BCUT2D eigenvalue weighted by Crippen LogP contribution is -2.23. The first-order chi connectivity index (χ1) is 8.07. The van der Waals surface area contributed by atoms with Crippen molar-refractivity contribution in [3.05, 3.63) is 29.0 Å². The normalized spacial score (nSPS) is 16.2. The molecule has 1 aliphatic rings. The molecule has 0 fully saturated rings. The SMILES string of the molecule is CC(C)(C)c1noc2c3c(ccc12)CNCC3. The van der Waals surface area contributed by atoms with Crippen molar-refractivity contribution in [3.63, 3.8) is 0 Å². The van der Waals surface area contributed by atoms with Gasteiger partial charge in [-0.3, -0.25) is 0 Å². The van der Waals surface area contributed by atoms with E-state index >= 15 is 0 Å². The van der Waals surface area contributed by atoms with Crippen LogP contribution >= 0.6 is 0 Å². The van der Waals surface area contributed by atoms with Crippen molar-refractivity contribution in [1.29, 1.82) is 0 Å². The van der Waals surface area contributed by atoms with Crippen LogP contribution < -0.4 is 5.32 Å². The Morgan fingerprint density at radius 2 is 2.12 bits per heavy atom. The second kappa shape index (κ2) is 3.57. The molecule has 0 amide bonds. The van der Waals surface area contributed by atoms with E-state index in [1.165, 1.54) is 16.5 Å². The lowest BCUT2D eigenvalue weighted by atomic mass is 9.88. The molecule has 0 aliphatic carbocycles. The van der Waals surface area contributed by atoms with Gasteiger partial charge in [-0.15, -0.1) is 0 Å². The summed E-state index contributed by atoms with van der Waals surface area (Å²) in [7, 11) is 0. The van der Waals surface area contributed by atoms with Crippen LogP contribution in [-0.4, -0.2) is 11.7 Å². The largest absolute Gasteiger partial charge is 0.356 e. The minimum Gasteiger partial charge on any atom is -0.356 e. The third-order valence-electron chi connectivity index (χ3n) is 3.42. The molecule has 1 aromatic carbocycles. The van der Waals surface area contributed by atoms with Crippen LogP contribution in [0.25, 0.3) is 11.0 Å². The molecule has 0 spiro atoms. The molecule has 17 heavy (non-hydrogen) atoms. The second-order valence-electron chi connectivity index (χ2n) is 5.79. The molecule has 3 heteroatoms. The van der Waals surface area contributed by atoms with Gasteiger partial charge in [-0.05, 0) is 24.6 Å². The lowest BCUT2D eigenvalue weighted by molar-refractivity contribution is 0.417. The Kier molecular flexibility index (Phi) is 2.26. The van der Waals surface area contributed by atoms with Crippen LogP contribution in [0.2, 0.25) is 0 Å². The predicted molar refractivity (Wildman–Crippen MR) is 68.1 cm³/mol. The van der Waals surface area contributed by atoms with Gasteiger partial charge in [0.15, 0.2) is 5.58 Å². The highest BCUT2D eigenvalue weighted by Crippen LogP contribution is 2.33. The predicted octanol–water partition coefficient (Wildman–Crippen LogP) is 2.77. The van der Waals surface area contributed by atoms with Crippen LogP contribution in [0, 0.1) is 0 Å². The molecule has 0 saturated heterocycles. The summed E-state index contributed by atoms with van der Waals surface area (Å²) in [5.74, 6) is 0. The highest BCUT2D eigenvalue weighted by atomic mass is 16.5. The highest BCUT2D eigenvalue weighted by molar-refractivity contribution is 5.84. The van der Waals surface area contributed by atoms with E-state index in [0.29, 0.717) is 0 Å².